The van der Waals surface area contributed by atoms with Crippen molar-refractivity contribution in [3.05, 3.63) is 28.8 Å². The third-order valence-electron chi connectivity index (χ3n) is 3.41. The minimum Gasteiger partial charge on any atom is -0.492 e. The summed E-state index contributed by atoms with van der Waals surface area (Å²) in [5, 5.41) is 0.698. The molecular weight excluding hydrogens is 248 g/mol. The molecule has 0 unspecified atom stereocenters. The highest BCUT2D eigenvalue weighted by Crippen LogP contribution is 2.27. The number of halogens is 1. The Morgan fingerprint density at radius 2 is 2.33 bits per heavy atom. The molecule has 1 aliphatic heterocycles. The normalized spacial score (nSPS) is 20.3. The number of nitrogens with zero attached hydrogens (tertiary/aromatic N) is 1. The predicted octanol–water partition coefficient (Wildman–Crippen LogP) is 2.52. The van der Waals surface area contributed by atoms with Gasteiger partial charge in [-0.1, -0.05) is 17.7 Å². The Morgan fingerprint density at radius 1 is 1.50 bits per heavy atom. The molecule has 1 aromatic carbocycles. The van der Waals surface area contributed by atoms with Gasteiger partial charge in [0, 0.05) is 13.1 Å². The van der Waals surface area contributed by atoms with Gasteiger partial charge in [-0.05, 0) is 50.0 Å². The van der Waals surface area contributed by atoms with Crippen molar-refractivity contribution < 1.29 is 4.74 Å². The van der Waals surface area contributed by atoms with Gasteiger partial charge in [-0.2, -0.15) is 0 Å². The lowest BCUT2D eigenvalue weighted by atomic mass is 10.1. The molecular formula is C14H21ClN2O. The highest BCUT2D eigenvalue weighted by molar-refractivity contribution is 6.32. The Labute approximate surface area is 114 Å². The maximum atomic E-state index is 6.19. The van der Waals surface area contributed by atoms with Crippen molar-refractivity contribution in [2.45, 2.75) is 19.9 Å². The molecule has 1 heterocycles. The van der Waals surface area contributed by atoms with Gasteiger partial charge < -0.3 is 10.5 Å². The van der Waals surface area contributed by atoms with Gasteiger partial charge in [-0.3, -0.25) is 4.90 Å². The van der Waals surface area contributed by atoms with Crippen molar-refractivity contribution in [1.82, 2.24) is 4.90 Å². The van der Waals surface area contributed by atoms with Crippen LogP contribution in [0.15, 0.2) is 18.2 Å². The first-order valence-corrected chi connectivity index (χ1v) is 6.94. The predicted molar refractivity (Wildman–Crippen MR) is 75.1 cm³/mol. The molecule has 1 aliphatic rings. The lowest BCUT2D eigenvalue weighted by molar-refractivity contribution is 0.317. The quantitative estimate of drug-likeness (QED) is 0.892. The summed E-state index contributed by atoms with van der Waals surface area (Å²) in [6, 6.07) is 6.05. The van der Waals surface area contributed by atoms with Gasteiger partial charge in [0.05, 0.1) is 11.6 Å². The van der Waals surface area contributed by atoms with Crippen LogP contribution in [-0.2, 0) is 6.54 Å². The molecule has 0 aliphatic carbocycles. The van der Waals surface area contributed by atoms with Crippen LogP contribution in [0.3, 0.4) is 0 Å². The van der Waals surface area contributed by atoms with E-state index in [1.807, 2.05) is 19.1 Å². The first kappa shape index (κ1) is 13.7. The van der Waals surface area contributed by atoms with Crippen LogP contribution in [0.1, 0.15) is 18.9 Å². The fourth-order valence-corrected chi connectivity index (χ4v) is 2.68. The van der Waals surface area contributed by atoms with Crippen LogP contribution in [0.2, 0.25) is 5.02 Å². The van der Waals surface area contributed by atoms with Gasteiger partial charge in [-0.15, -0.1) is 0 Å². The zero-order valence-electron chi connectivity index (χ0n) is 10.9. The van der Waals surface area contributed by atoms with E-state index < -0.39 is 0 Å². The molecule has 0 radical (unpaired) electrons. The van der Waals surface area contributed by atoms with Gasteiger partial charge in [0.15, 0.2) is 0 Å². The Morgan fingerprint density at radius 3 is 2.94 bits per heavy atom. The zero-order chi connectivity index (χ0) is 13.0. The molecule has 2 N–H and O–H groups in total. The Hall–Kier alpha value is -0.770. The van der Waals surface area contributed by atoms with Crippen LogP contribution in [0.4, 0.5) is 0 Å². The minimum atomic E-state index is 0.642. The van der Waals surface area contributed by atoms with E-state index in [1.165, 1.54) is 12.0 Å². The lowest BCUT2D eigenvalue weighted by Crippen LogP contribution is -2.22. The maximum absolute atomic E-state index is 6.19. The van der Waals surface area contributed by atoms with Gasteiger partial charge in [0.2, 0.25) is 0 Å². The average Bonchev–Trinajstić information content (AvgIpc) is 2.80. The van der Waals surface area contributed by atoms with Crippen molar-refractivity contribution in [3.63, 3.8) is 0 Å². The van der Waals surface area contributed by atoms with E-state index in [1.54, 1.807) is 0 Å². The molecule has 2 rings (SSSR count). The summed E-state index contributed by atoms with van der Waals surface area (Å²) < 4.78 is 5.43. The molecule has 18 heavy (non-hydrogen) atoms. The summed E-state index contributed by atoms with van der Waals surface area (Å²) >= 11 is 6.19. The third-order valence-corrected chi connectivity index (χ3v) is 3.70. The first-order chi connectivity index (χ1) is 8.72. The molecule has 0 bridgehead atoms. The summed E-state index contributed by atoms with van der Waals surface area (Å²) in [5.41, 5.74) is 6.94. The number of nitrogens with two attached hydrogens (primary N) is 1. The summed E-state index contributed by atoms with van der Waals surface area (Å²) in [6.45, 7) is 6.57. The molecule has 1 saturated heterocycles. The fourth-order valence-electron chi connectivity index (χ4n) is 2.42. The van der Waals surface area contributed by atoms with Gasteiger partial charge in [-0.25, -0.2) is 0 Å². The molecule has 0 amide bonds. The van der Waals surface area contributed by atoms with Crippen LogP contribution < -0.4 is 10.5 Å². The van der Waals surface area contributed by atoms with Crippen molar-refractivity contribution in [1.29, 1.82) is 0 Å². The number of rotatable bonds is 5. The van der Waals surface area contributed by atoms with Crippen molar-refractivity contribution in [2.75, 3.05) is 26.2 Å². The number of hydrogen-bond acceptors (Lipinski definition) is 3. The second-order valence-corrected chi connectivity index (χ2v) is 5.23. The van der Waals surface area contributed by atoms with Crippen LogP contribution in [0.25, 0.3) is 0 Å². The topological polar surface area (TPSA) is 38.5 Å². The molecule has 0 spiro atoms. The van der Waals surface area contributed by atoms with E-state index in [4.69, 9.17) is 22.1 Å². The van der Waals surface area contributed by atoms with Gasteiger partial charge >= 0.3 is 0 Å². The second kappa shape index (κ2) is 6.41. The maximum Gasteiger partial charge on any atom is 0.137 e. The first-order valence-electron chi connectivity index (χ1n) is 6.56. The highest BCUT2D eigenvalue weighted by atomic mass is 35.5. The number of likely N-dealkylation sites (tertiary alicyclic amines) is 1. The Kier molecular flexibility index (Phi) is 4.87. The Balaban J connectivity index is 1.96. The van der Waals surface area contributed by atoms with Crippen molar-refractivity contribution >= 4 is 11.6 Å². The van der Waals surface area contributed by atoms with Crippen molar-refractivity contribution in [2.24, 2.45) is 11.7 Å². The smallest absolute Gasteiger partial charge is 0.137 e. The summed E-state index contributed by atoms with van der Waals surface area (Å²) in [6.07, 6.45) is 1.21. The highest BCUT2D eigenvalue weighted by Gasteiger charge is 2.21. The summed E-state index contributed by atoms with van der Waals surface area (Å²) in [5.74, 6) is 1.42. The van der Waals surface area contributed by atoms with E-state index in [2.05, 4.69) is 11.0 Å². The lowest BCUT2D eigenvalue weighted by Gasteiger charge is -2.16. The second-order valence-electron chi connectivity index (χ2n) is 4.82. The Bertz CT molecular complexity index is 397. The van der Waals surface area contributed by atoms with E-state index in [0.29, 0.717) is 17.5 Å². The van der Waals surface area contributed by atoms with Crippen LogP contribution in [-0.4, -0.2) is 31.1 Å². The van der Waals surface area contributed by atoms with Crippen LogP contribution in [0, 0.1) is 5.92 Å². The number of hydrogen-bond donors (Lipinski definition) is 1. The van der Waals surface area contributed by atoms with Crippen LogP contribution in [0.5, 0.6) is 5.75 Å². The van der Waals surface area contributed by atoms with Crippen molar-refractivity contribution in [3.8, 4) is 5.75 Å². The van der Waals surface area contributed by atoms with E-state index >= 15 is 0 Å². The van der Waals surface area contributed by atoms with Gasteiger partial charge in [0.25, 0.3) is 0 Å². The van der Waals surface area contributed by atoms with E-state index in [9.17, 15) is 0 Å². The molecule has 3 nitrogen and oxygen atoms in total. The number of benzene rings is 1. The largest absolute Gasteiger partial charge is 0.492 e. The molecule has 0 saturated carbocycles. The molecule has 4 heteroatoms. The standard InChI is InChI=1S/C14H21ClN2O/c1-2-18-14-4-3-11(7-13(14)15)9-17-6-5-12(8-16)10-17/h3-4,7,12H,2,5-6,8-10,16H2,1H3/t12-/m0/s1. The molecule has 1 fully saturated rings. The molecule has 1 atom stereocenters. The van der Waals surface area contributed by atoms with Crippen LogP contribution >= 0.6 is 11.6 Å². The molecule has 1 aromatic rings. The summed E-state index contributed by atoms with van der Waals surface area (Å²) in [4.78, 5) is 2.43. The third kappa shape index (κ3) is 3.37. The zero-order valence-corrected chi connectivity index (χ0v) is 11.6. The molecule has 0 aromatic heterocycles. The molecule has 100 valence electrons. The van der Waals surface area contributed by atoms with E-state index in [-0.39, 0.29) is 0 Å². The van der Waals surface area contributed by atoms with Gasteiger partial charge in [0.1, 0.15) is 5.75 Å². The average molecular weight is 269 g/mol. The minimum absolute atomic E-state index is 0.642. The fraction of sp³-hybridized carbons (Fsp3) is 0.571. The number of ether oxygens (including phenoxy) is 1. The summed E-state index contributed by atoms with van der Waals surface area (Å²) in [7, 11) is 0. The van der Waals surface area contributed by atoms with E-state index in [0.717, 1.165) is 31.9 Å². The SMILES string of the molecule is CCOc1ccc(CN2CC[C@@H](CN)C2)cc1Cl. The monoisotopic (exact) mass is 268 g/mol.